The van der Waals surface area contributed by atoms with Crippen molar-refractivity contribution < 1.29 is 30.7 Å². The Hall–Kier alpha value is -1.88. The number of phenolic OH excluding ortho intramolecular Hbond substituents is 1. The first-order valence-electron chi connectivity index (χ1n) is 5.85. The first-order valence-corrected chi connectivity index (χ1v) is 8.87. The minimum atomic E-state index is -4.35. The Labute approximate surface area is 127 Å². The number of fused-ring (bicyclic) bond motifs is 1. The summed E-state index contributed by atoms with van der Waals surface area (Å²) in [5.41, 5.74) is 5.56. The molecule has 2 aromatic rings. The minimum absolute atomic E-state index is 0.000463. The van der Waals surface area contributed by atoms with Crippen molar-refractivity contribution in [2.24, 2.45) is 0 Å². The van der Waals surface area contributed by atoms with Crippen LogP contribution in [0.5, 0.6) is 5.75 Å². The van der Waals surface area contributed by atoms with E-state index in [0.717, 1.165) is 13.2 Å². The molecule has 0 saturated carbocycles. The van der Waals surface area contributed by atoms with E-state index in [1.807, 2.05) is 0 Å². The lowest BCUT2D eigenvalue weighted by Crippen LogP contribution is -2.08. The number of hydrogen-bond acceptors (Lipinski definition) is 7. The average Bonchev–Trinajstić information content (AvgIpc) is 2.35. The number of benzene rings is 2. The molecule has 0 heterocycles. The van der Waals surface area contributed by atoms with Crippen molar-refractivity contribution in [1.29, 1.82) is 0 Å². The summed E-state index contributed by atoms with van der Waals surface area (Å²) in [6.45, 7) is 0. The zero-order valence-corrected chi connectivity index (χ0v) is 13.0. The molecule has 0 aromatic heterocycles. The van der Waals surface area contributed by atoms with Gasteiger partial charge in [0, 0.05) is 10.8 Å². The van der Waals surface area contributed by atoms with Crippen LogP contribution >= 0.6 is 0 Å². The van der Waals surface area contributed by atoms with Gasteiger partial charge in [-0.1, -0.05) is 0 Å². The molecule has 0 aliphatic rings. The van der Waals surface area contributed by atoms with Crippen LogP contribution in [0.4, 0.5) is 5.69 Å². The van der Waals surface area contributed by atoms with Crippen molar-refractivity contribution in [3.63, 3.8) is 0 Å². The second-order valence-corrected chi connectivity index (χ2v) is 7.64. The minimum Gasteiger partial charge on any atom is -0.507 e. The maximum atomic E-state index is 12.0. The van der Waals surface area contributed by atoms with Crippen molar-refractivity contribution in [3.05, 3.63) is 29.8 Å². The number of phenols is 1. The summed E-state index contributed by atoms with van der Waals surface area (Å²) < 4.78 is 59.2. The van der Waals surface area contributed by atoms with Crippen LogP contribution in [-0.2, 0) is 30.2 Å². The molecular weight excluding hydrogens is 334 g/mol. The molecule has 10 heteroatoms. The maximum Gasteiger partial charge on any atom is 0.299 e. The zero-order valence-electron chi connectivity index (χ0n) is 11.3. The summed E-state index contributed by atoms with van der Waals surface area (Å²) in [7, 11) is -7.58. The predicted molar refractivity (Wildman–Crippen MR) is 79.5 cm³/mol. The van der Waals surface area contributed by atoms with E-state index in [-0.39, 0.29) is 32.7 Å². The van der Waals surface area contributed by atoms with Crippen molar-refractivity contribution in [1.82, 2.24) is 0 Å². The largest absolute Gasteiger partial charge is 0.507 e. The monoisotopic (exact) mass is 347 g/mol. The molecule has 2 aromatic carbocycles. The molecule has 0 radical (unpaired) electrons. The zero-order chi connectivity index (χ0) is 16.7. The highest BCUT2D eigenvalue weighted by Crippen LogP contribution is 2.35. The van der Waals surface area contributed by atoms with Gasteiger partial charge in [0.15, 0.2) is 0 Å². The molecule has 0 unspecified atom stereocenters. The molecule has 2 rings (SSSR count). The first-order chi connectivity index (χ1) is 10.0. The number of nitrogens with two attached hydrogens (primary N) is 1. The van der Waals surface area contributed by atoms with Crippen LogP contribution < -0.4 is 5.73 Å². The normalized spacial score (nSPS) is 12.6. The lowest BCUT2D eigenvalue weighted by atomic mass is 10.1. The van der Waals surface area contributed by atoms with E-state index in [1.165, 1.54) is 18.2 Å². The third-order valence-electron chi connectivity index (χ3n) is 2.97. The third kappa shape index (κ3) is 3.14. The van der Waals surface area contributed by atoms with Crippen LogP contribution in [0.3, 0.4) is 0 Å². The van der Waals surface area contributed by atoms with Crippen molar-refractivity contribution >= 4 is 36.7 Å². The molecule has 0 amide bonds. The summed E-state index contributed by atoms with van der Waals surface area (Å²) in [4.78, 5) is -0.375. The van der Waals surface area contributed by atoms with Gasteiger partial charge in [0.1, 0.15) is 16.4 Å². The van der Waals surface area contributed by atoms with E-state index in [1.54, 1.807) is 0 Å². The van der Waals surface area contributed by atoms with Gasteiger partial charge in [-0.25, -0.2) is 0 Å². The molecule has 0 fully saturated rings. The fourth-order valence-corrected chi connectivity index (χ4v) is 3.67. The van der Waals surface area contributed by atoms with Crippen molar-refractivity contribution in [2.45, 2.75) is 10.6 Å². The highest BCUT2D eigenvalue weighted by Gasteiger charge is 2.22. The topological polar surface area (TPSA) is 144 Å². The molecule has 8 nitrogen and oxygen atoms in total. The number of hydrogen-bond donors (Lipinski definition) is 3. The molecular formula is C12H13NO7S2. The molecule has 120 valence electrons. The third-order valence-corrected chi connectivity index (χ3v) is 5.07. The van der Waals surface area contributed by atoms with Crippen LogP contribution in [0.15, 0.2) is 29.2 Å². The Kier molecular flexibility index (Phi) is 4.04. The molecule has 0 spiro atoms. The molecule has 4 N–H and O–H groups in total. The van der Waals surface area contributed by atoms with Gasteiger partial charge < -0.3 is 10.8 Å². The lowest BCUT2D eigenvalue weighted by Gasteiger charge is -2.12. The molecule has 22 heavy (non-hydrogen) atoms. The molecule has 0 saturated heterocycles. The Morgan fingerprint density at radius 1 is 1.14 bits per heavy atom. The van der Waals surface area contributed by atoms with E-state index < -0.39 is 26.0 Å². The standard InChI is InChI=1S/C12H13NO7S2/c1-20-22(18,19)12-9-4-7(6-21(15,16)17)5-11(14)8(9)2-3-10(12)13/h2-5,14H,6,13H2,1H3,(H,15,16,17). The molecule has 0 bridgehead atoms. The number of aromatic hydroxyl groups is 1. The molecule has 0 aliphatic heterocycles. The number of nitrogen functional groups attached to an aromatic ring is 1. The fourth-order valence-electron chi connectivity index (χ4n) is 2.12. The molecule has 0 atom stereocenters. The Bertz CT molecular complexity index is 949. The number of rotatable bonds is 4. The fraction of sp³-hybridized carbons (Fsp3) is 0.167. The van der Waals surface area contributed by atoms with Gasteiger partial charge in [0.2, 0.25) is 0 Å². The summed E-state index contributed by atoms with van der Waals surface area (Å²) in [5, 5.41) is 10.1. The quantitative estimate of drug-likeness (QED) is 0.419. The lowest BCUT2D eigenvalue weighted by molar-refractivity contribution is 0.399. The average molecular weight is 347 g/mol. The van der Waals surface area contributed by atoms with Gasteiger partial charge in [-0.15, -0.1) is 0 Å². The van der Waals surface area contributed by atoms with Crippen molar-refractivity contribution in [2.75, 3.05) is 12.8 Å². The highest BCUT2D eigenvalue weighted by molar-refractivity contribution is 7.87. The summed E-state index contributed by atoms with van der Waals surface area (Å²) in [6, 6.07) is 5.02. The van der Waals surface area contributed by atoms with E-state index in [9.17, 15) is 21.9 Å². The van der Waals surface area contributed by atoms with E-state index in [4.69, 9.17) is 10.3 Å². The molecule has 0 aliphatic carbocycles. The second kappa shape index (κ2) is 5.39. The summed E-state index contributed by atoms with van der Waals surface area (Å²) in [6.07, 6.45) is 0. The summed E-state index contributed by atoms with van der Waals surface area (Å²) >= 11 is 0. The van der Waals surface area contributed by atoms with Crippen LogP contribution in [0.1, 0.15) is 5.56 Å². The second-order valence-electron chi connectivity index (χ2n) is 4.54. The van der Waals surface area contributed by atoms with Gasteiger partial charge in [0.25, 0.3) is 20.2 Å². The summed E-state index contributed by atoms with van der Waals surface area (Å²) in [5.74, 6) is -1.12. The van der Waals surface area contributed by atoms with E-state index >= 15 is 0 Å². The van der Waals surface area contributed by atoms with Crippen molar-refractivity contribution in [3.8, 4) is 5.75 Å². The van der Waals surface area contributed by atoms with Crippen LogP contribution in [-0.4, -0.2) is 33.6 Å². The Balaban J connectivity index is 2.88. The van der Waals surface area contributed by atoms with Gasteiger partial charge >= 0.3 is 0 Å². The highest BCUT2D eigenvalue weighted by atomic mass is 32.2. The van der Waals surface area contributed by atoms with Crippen LogP contribution in [0.25, 0.3) is 10.8 Å². The van der Waals surface area contributed by atoms with E-state index in [0.29, 0.717) is 0 Å². The SMILES string of the molecule is COS(=O)(=O)c1c(N)ccc2c(O)cc(CS(=O)(=O)O)cc12. The van der Waals surface area contributed by atoms with Gasteiger partial charge in [-0.05, 0) is 29.8 Å². The van der Waals surface area contributed by atoms with Crippen LogP contribution in [0.2, 0.25) is 0 Å². The first kappa shape index (κ1) is 16.5. The van der Waals surface area contributed by atoms with E-state index in [2.05, 4.69) is 4.18 Å². The van der Waals surface area contributed by atoms with Gasteiger partial charge in [-0.2, -0.15) is 16.8 Å². The van der Waals surface area contributed by atoms with Gasteiger partial charge in [-0.3, -0.25) is 8.74 Å². The maximum absolute atomic E-state index is 12.0. The Morgan fingerprint density at radius 3 is 2.32 bits per heavy atom. The predicted octanol–water partition coefficient (Wildman–Crippen LogP) is 0.850. The smallest absolute Gasteiger partial charge is 0.299 e. The van der Waals surface area contributed by atoms with Gasteiger partial charge in [0.05, 0.1) is 12.8 Å². The van der Waals surface area contributed by atoms with Crippen LogP contribution in [0, 0.1) is 0 Å². The Morgan fingerprint density at radius 2 is 1.77 bits per heavy atom. The number of anilines is 1.